The topological polar surface area (TPSA) is 125 Å². The van der Waals surface area contributed by atoms with E-state index in [4.69, 9.17) is 11.0 Å². The zero-order valence-electron chi connectivity index (χ0n) is 13.7. The molecule has 1 heterocycles. The van der Waals surface area contributed by atoms with E-state index in [-0.39, 0.29) is 16.3 Å². The van der Waals surface area contributed by atoms with Crippen LogP contribution in [0.2, 0.25) is 0 Å². The first kappa shape index (κ1) is 18.2. The van der Waals surface area contributed by atoms with Crippen molar-refractivity contribution in [1.29, 1.82) is 5.26 Å². The fourth-order valence-electron chi connectivity index (χ4n) is 2.38. The van der Waals surface area contributed by atoms with E-state index in [1.807, 2.05) is 6.92 Å². The third kappa shape index (κ3) is 4.02. The number of primary amides is 1. The van der Waals surface area contributed by atoms with E-state index in [0.717, 1.165) is 11.3 Å². The molecule has 1 aromatic heterocycles. The minimum absolute atomic E-state index is 0.263. The van der Waals surface area contributed by atoms with Crippen LogP contribution in [0, 0.1) is 11.3 Å². The molecular formula is C17H16N4O3S. The van der Waals surface area contributed by atoms with Gasteiger partial charge < -0.3 is 11.1 Å². The fraction of sp³-hybridized carbons (Fsp3) is 0.176. The summed E-state index contributed by atoms with van der Waals surface area (Å²) >= 11 is 1.03. The Hall–Kier alpha value is -3.18. The average molecular weight is 356 g/mol. The number of nitrogens with zero attached hydrogens (tertiary/aromatic N) is 1. The molecule has 7 nitrogen and oxygen atoms in total. The lowest BCUT2D eigenvalue weighted by atomic mass is 9.99. The van der Waals surface area contributed by atoms with Crippen LogP contribution in [0.15, 0.2) is 24.3 Å². The number of carbonyl (C=O) groups is 3. The summed E-state index contributed by atoms with van der Waals surface area (Å²) < 4.78 is 0. The van der Waals surface area contributed by atoms with Crippen LogP contribution >= 0.6 is 11.3 Å². The summed E-state index contributed by atoms with van der Waals surface area (Å²) in [5.74, 6) is -0.655. The van der Waals surface area contributed by atoms with Crippen LogP contribution < -0.4 is 16.4 Å². The molecule has 25 heavy (non-hydrogen) atoms. The maximum Gasteiger partial charge on any atom is 0.317 e. The number of nitrogens with one attached hydrogen (secondary N) is 2. The third-order valence-electron chi connectivity index (χ3n) is 3.48. The molecule has 3 amide bonds. The predicted octanol–water partition coefficient (Wildman–Crippen LogP) is 3.13. The van der Waals surface area contributed by atoms with Crippen LogP contribution in [0.25, 0.3) is 0 Å². The minimum Gasteiger partial charge on any atom is -0.351 e. The SMILES string of the molecule is CCc1c(C#N)cccc1C(=O)Nc1cc(C(C)=O)c(NC(N)=O)s1. The van der Waals surface area contributed by atoms with E-state index >= 15 is 0 Å². The zero-order valence-corrected chi connectivity index (χ0v) is 14.5. The maximum atomic E-state index is 12.6. The normalized spacial score (nSPS) is 9.96. The molecule has 0 saturated heterocycles. The fourth-order valence-corrected chi connectivity index (χ4v) is 3.39. The van der Waals surface area contributed by atoms with Gasteiger partial charge in [0.15, 0.2) is 5.78 Å². The molecule has 1 aromatic carbocycles. The average Bonchev–Trinajstić information content (AvgIpc) is 2.95. The number of thiophene rings is 1. The van der Waals surface area contributed by atoms with Gasteiger partial charge in [0.1, 0.15) is 5.00 Å². The van der Waals surface area contributed by atoms with Gasteiger partial charge in [-0.25, -0.2) is 4.79 Å². The van der Waals surface area contributed by atoms with Gasteiger partial charge in [0.05, 0.1) is 22.2 Å². The Balaban J connectivity index is 2.34. The van der Waals surface area contributed by atoms with Gasteiger partial charge in [0, 0.05) is 5.56 Å². The van der Waals surface area contributed by atoms with Crippen molar-refractivity contribution in [3.05, 3.63) is 46.5 Å². The highest BCUT2D eigenvalue weighted by Crippen LogP contribution is 2.33. The molecule has 0 saturated carbocycles. The number of hydrogen-bond donors (Lipinski definition) is 3. The summed E-state index contributed by atoms with van der Waals surface area (Å²) in [6.07, 6.45) is 0.532. The number of anilines is 2. The Labute approximate surface area is 148 Å². The smallest absolute Gasteiger partial charge is 0.317 e. The van der Waals surface area contributed by atoms with E-state index in [1.54, 1.807) is 18.2 Å². The van der Waals surface area contributed by atoms with E-state index in [9.17, 15) is 14.4 Å². The van der Waals surface area contributed by atoms with Gasteiger partial charge in [-0.15, -0.1) is 0 Å². The van der Waals surface area contributed by atoms with Crippen LogP contribution in [0.1, 0.15) is 45.7 Å². The summed E-state index contributed by atoms with van der Waals surface area (Å²) in [4.78, 5) is 35.3. The molecular weight excluding hydrogens is 340 g/mol. The molecule has 0 fully saturated rings. The van der Waals surface area contributed by atoms with E-state index < -0.39 is 11.9 Å². The number of amides is 3. The van der Waals surface area contributed by atoms with Crippen molar-refractivity contribution in [1.82, 2.24) is 0 Å². The Bertz CT molecular complexity index is 896. The van der Waals surface area contributed by atoms with E-state index in [1.165, 1.54) is 13.0 Å². The van der Waals surface area contributed by atoms with Crippen molar-refractivity contribution in [2.75, 3.05) is 10.6 Å². The zero-order chi connectivity index (χ0) is 18.6. The number of nitrogens with two attached hydrogens (primary N) is 1. The summed E-state index contributed by atoms with van der Waals surface area (Å²) in [7, 11) is 0. The van der Waals surface area contributed by atoms with E-state index in [0.29, 0.717) is 28.1 Å². The van der Waals surface area contributed by atoms with Crippen LogP contribution in [0.4, 0.5) is 14.8 Å². The van der Waals surface area contributed by atoms with Gasteiger partial charge in [-0.05, 0) is 37.1 Å². The largest absolute Gasteiger partial charge is 0.351 e. The number of rotatable bonds is 5. The standard InChI is InChI=1S/C17H16N4O3S/c1-3-11-10(8-18)5-4-6-12(11)15(23)20-14-7-13(9(2)22)16(25-14)21-17(19)24/h4-7H,3H2,1-2H3,(H,20,23)(H3,19,21,24). The molecule has 0 aliphatic rings. The number of ketones is 1. The molecule has 0 aliphatic heterocycles. The van der Waals surface area contributed by atoms with Gasteiger partial charge in [0.2, 0.25) is 0 Å². The predicted molar refractivity (Wildman–Crippen MR) is 96.0 cm³/mol. The second-order valence-electron chi connectivity index (χ2n) is 5.15. The highest BCUT2D eigenvalue weighted by molar-refractivity contribution is 7.20. The number of hydrogen-bond acceptors (Lipinski definition) is 5. The quantitative estimate of drug-likeness (QED) is 0.712. The number of benzene rings is 1. The molecule has 2 rings (SSSR count). The Morgan fingerprint density at radius 1 is 1.24 bits per heavy atom. The van der Waals surface area contributed by atoms with Gasteiger partial charge >= 0.3 is 6.03 Å². The third-order valence-corrected chi connectivity index (χ3v) is 4.45. The molecule has 0 aliphatic carbocycles. The van der Waals surface area contributed by atoms with Gasteiger partial charge in [-0.2, -0.15) is 5.26 Å². The summed E-state index contributed by atoms with van der Waals surface area (Å²) in [6, 6.07) is 7.69. The molecule has 0 bridgehead atoms. The van der Waals surface area contributed by atoms with Crippen molar-refractivity contribution >= 4 is 39.1 Å². The van der Waals surface area contributed by atoms with Crippen molar-refractivity contribution in [2.45, 2.75) is 20.3 Å². The summed E-state index contributed by atoms with van der Waals surface area (Å²) in [5, 5.41) is 14.9. The molecule has 8 heteroatoms. The van der Waals surface area contributed by atoms with Crippen LogP contribution in [-0.4, -0.2) is 17.7 Å². The van der Waals surface area contributed by atoms with Crippen molar-refractivity contribution in [3.8, 4) is 6.07 Å². The number of Topliss-reactive ketones (excluding diaryl/α,β-unsaturated/α-hetero) is 1. The highest BCUT2D eigenvalue weighted by atomic mass is 32.1. The highest BCUT2D eigenvalue weighted by Gasteiger charge is 2.18. The van der Waals surface area contributed by atoms with Crippen LogP contribution in [0.3, 0.4) is 0 Å². The Kier molecular flexibility index (Phi) is 5.52. The lowest BCUT2D eigenvalue weighted by Crippen LogP contribution is -2.19. The second kappa shape index (κ2) is 7.59. The first-order chi connectivity index (χ1) is 11.9. The monoisotopic (exact) mass is 356 g/mol. The number of urea groups is 1. The molecule has 0 atom stereocenters. The molecule has 0 spiro atoms. The molecule has 0 unspecified atom stereocenters. The lowest BCUT2D eigenvalue weighted by molar-refractivity contribution is 0.101. The number of nitriles is 1. The van der Waals surface area contributed by atoms with Crippen LogP contribution in [0.5, 0.6) is 0 Å². The van der Waals surface area contributed by atoms with Gasteiger partial charge in [-0.3, -0.25) is 14.9 Å². The molecule has 128 valence electrons. The van der Waals surface area contributed by atoms with Crippen molar-refractivity contribution < 1.29 is 14.4 Å². The molecule has 0 radical (unpaired) electrons. The first-order valence-corrected chi connectivity index (χ1v) is 8.23. The second-order valence-corrected chi connectivity index (χ2v) is 6.20. The van der Waals surface area contributed by atoms with Crippen molar-refractivity contribution in [3.63, 3.8) is 0 Å². The lowest BCUT2D eigenvalue weighted by Gasteiger charge is -2.09. The van der Waals surface area contributed by atoms with Gasteiger partial charge in [-0.1, -0.05) is 24.3 Å². The number of carbonyl (C=O) groups excluding carboxylic acids is 3. The summed E-state index contributed by atoms with van der Waals surface area (Å²) in [5.41, 5.74) is 6.85. The maximum absolute atomic E-state index is 12.6. The Morgan fingerprint density at radius 2 is 1.96 bits per heavy atom. The van der Waals surface area contributed by atoms with Crippen LogP contribution in [-0.2, 0) is 6.42 Å². The van der Waals surface area contributed by atoms with Crippen molar-refractivity contribution in [2.24, 2.45) is 5.73 Å². The molecule has 2 aromatic rings. The Morgan fingerprint density at radius 3 is 2.52 bits per heavy atom. The van der Waals surface area contributed by atoms with Gasteiger partial charge in [0.25, 0.3) is 5.91 Å². The van der Waals surface area contributed by atoms with E-state index in [2.05, 4.69) is 16.7 Å². The minimum atomic E-state index is -0.794. The molecule has 4 N–H and O–H groups in total. The first-order valence-electron chi connectivity index (χ1n) is 7.41. The summed E-state index contributed by atoms with van der Waals surface area (Å²) in [6.45, 7) is 3.21.